The van der Waals surface area contributed by atoms with Crippen LogP contribution in [0, 0.1) is 0 Å². The van der Waals surface area contributed by atoms with Crippen molar-refractivity contribution in [3.8, 4) is 0 Å². The fourth-order valence-corrected chi connectivity index (χ4v) is 3.31. The molecule has 0 aliphatic carbocycles. The lowest BCUT2D eigenvalue weighted by Gasteiger charge is -2.33. The third-order valence-electron chi connectivity index (χ3n) is 4.36. The van der Waals surface area contributed by atoms with Crippen molar-refractivity contribution in [2.75, 3.05) is 13.2 Å². The van der Waals surface area contributed by atoms with Crippen LogP contribution in [0.4, 0.5) is 0 Å². The molecule has 1 amide bonds. The van der Waals surface area contributed by atoms with Gasteiger partial charge in [0, 0.05) is 11.6 Å². The van der Waals surface area contributed by atoms with Crippen LogP contribution < -0.4 is 5.32 Å². The molecule has 2 saturated heterocycles. The molecule has 0 aromatic heterocycles. The molecule has 114 valence electrons. The molecule has 1 N–H and O–H groups in total. The topological polar surface area (TPSA) is 41.6 Å². The molecule has 0 bridgehead atoms. The summed E-state index contributed by atoms with van der Waals surface area (Å²) in [7, 11) is 0. The smallest absolute Gasteiger partial charge is 0.241 e. The fraction of sp³-hybridized carbons (Fsp3) is 0.562. The Bertz CT molecular complexity index is 526. The molecule has 21 heavy (non-hydrogen) atoms. The summed E-state index contributed by atoms with van der Waals surface area (Å²) in [5, 5.41) is 4.06. The molecule has 0 radical (unpaired) electrons. The molecule has 2 fully saturated rings. The number of nitrogens with one attached hydrogen (secondary N) is 1. The van der Waals surface area contributed by atoms with Crippen LogP contribution in [0.15, 0.2) is 24.3 Å². The lowest BCUT2D eigenvalue weighted by atomic mass is 10.0. The van der Waals surface area contributed by atoms with E-state index in [1.54, 1.807) is 0 Å². The molecule has 4 nitrogen and oxygen atoms in total. The van der Waals surface area contributed by atoms with Gasteiger partial charge in [-0.2, -0.15) is 0 Å². The van der Waals surface area contributed by atoms with Gasteiger partial charge < -0.3 is 9.64 Å². The van der Waals surface area contributed by atoms with Gasteiger partial charge in [-0.1, -0.05) is 23.7 Å². The Morgan fingerprint density at radius 2 is 2.14 bits per heavy atom. The number of nitrogens with zero attached hydrogens (tertiary/aromatic N) is 1. The number of rotatable bonds is 3. The molecule has 3 atom stereocenters. The van der Waals surface area contributed by atoms with Crippen LogP contribution in [-0.2, 0) is 9.53 Å². The maximum atomic E-state index is 12.5. The maximum Gasteiger partial charge on any atom is 0.241 e. The minimum atomic E-state index is -0.230. The van der Waals surface area contributed by atoms with Gasteiger partial charge in [0.25, 0.3) is 0 Å². The Kier molecular flexibility index (Phi) is 3.95. The van der Waals surface area contributed by atoms with Gasteiger partial charge in [-0.3, -0.25) is 10.1 Å². The van der Waals surface area contributed by atoms with Gasteiger partial charge in [0.2, 0.25) is 5.91 Å². The quantitative estimate of drug-likeness (QED) is 0.933. The van der Waals surface area contributed by atoms with Crippen molar-refractivity contribution in [2.45, 2.75) is 44.5 Å². The number of hydrogen-bond acceptors (Lipinski definition) is 3. The number of carbonyl (C=O) groups is 1. The number of ether oxygens (including phenoxy) is 1. The number of halogens is 1. The van der Waals surface area contributed by atoms with Crippen LogP contribution in [0.2, 0.25) is 5.02 Å². The zero-order valence-corrected chi connectivity index (χ0v) is 13.2. The second-order valence-electron chi connectivity index (χ2n) is 6.21. The van der Waals surface area contributed by atoms with Crippen LogP contribution in [-0.4, -0.2) is 35.6 Å². The minimum Gasteiger partial charge on any atom is -0.373 e. The molecule has 1 aromatic carbocycles. The minimum absolute atomic E-state index is 0.106. The lowest BCUT2D eigenvalue weighted by Crippen LogP contribution is -2.43. The number of amides is 1. The predicted molar refractivity (Wildman–Crippen MR) is 82.1 cm³/mol. The Balaban J connectivity index is 1.84. The summed E-state index contributed by atoms with van der Waals surface area (Å²) in [6.07, 6.45) is 1.96. The summed E-state index contributed by atoms with van der Waals surface area (Å²) in [4.78, 5) is 14.4. The van der Waals surface area contributed by atoms with E-state index in [0.717, 1.165) is 25.0 Å². The largest absolute Gasteiger partial charge is 0.373 e. The fourth-order valence-electron chi connectivity index (χ4n) is 3.19. The van der Waals surface area contributed by atoms with E-state index >= 15 is 0 Å². The number of hydrogen-bond donors (Lipinski definition) is 1. The van der Waals surface area contributed by atoms with E-state index in [4.69, 9.17) is 16.3 Å². The SMILES string of the molecule is CC1NC(c2ccc(Cl)cc2)N(CC2(C)CCCO2)C1=O. The molecule has 5 heteroatoms. The molecule has 0 spiro atoms. The van der Waals surface area contributed by atoms with E-state index in [1.807, 2.05) is 36.1 Å². The molecule has 3 rings (SSSR count). The van der Waals surface area contributed by atoms with Gasteiger partial charge in [0.15, 0.2) is 0 Å². The average molecular weight is 309 g/mol. The molecule has 2 aliphatic rings. The van der Waals surface area contributed by atoms with E-state index in [2.05, 4.69) is 12.2 Å². The molecular weight excluding hydrogens is 288 g/mol. The van der Waals surface area contributed by atoms with Gasteiger partial charge in [-0.05, 0) is 44.4 Å². The Morgan fingerprint density at radius 3 is 2.76 bits per heavy atom. The highest BCUT2D eigenvalue weighted by atomic mass is 35.5. The summed E-state index contributed by atoms with van der Waals surface area (Å²) in [5.74, 6) is 0.131. The van der Waals surface area contributed by atoms with E-state index in [0.29, 0.717) is 11.6 Å². The molecule has 2 aliphatic heterocycles. The van der Waals surface area contributed by atoms with Crippen molar-refractivity contribution in [3.05, 3.63) is 34.9 Å². The van der Waals surface area contributed by atoms with Crippen LogP contribution >= 0.6 is 11.6 Å². The van der Waals surface area contributed by atoms with Gasteiger partial charge in [0.05, 0.1) is 18.2 Å². The van der Waals surface area contributed by atoms with Crippen molar-refractivity contribution < 1.29 is 9.53 Å². The van der Waals surface area contributed by atoms with Crippen LogP contribution in [0.25, 0.3) is 0 Å². The predicted octanol–water partition coefficient (Wildman–Crippen LogP) is 2.73. The lowest BCUT2D eigenvalue weighted by molar-refractivity contribution is -0.133. The molecular formula is C16H21ClN2O2. The summed E-state index contributed by atoms with van der Waals surface area (Å²) in [5.41, 5.74) is 0.824. The average Bonchev–Trinajstić information content (AvgIpc) is 2.99. The number of benzene rings is 1. The second-order valence-corrected chi connectivity index (χ2v) is 6.65. The van der Waals surface area contributed by atoms with E-state index in [-0.39, 0.29) is 23.7 Å². The molecule has 2 heterocycles. The molecule has 1 aromatic rings. The third kappa shape index (κ3) is 2.93. The first-order valence-electron chi connectivity index (χ1n) is 7.44. The summed E-state index contributed by atoms with van der Waals surface area (Å²) in [6, 6.07) is 7.48. The van der Waals surface area contributed by atoms with Crippen molar-refractivity contribution in [3.63, 3.8) is 0 Å². The third-order valence-corrected chi connectivity index (χ3v) is 4.62. The maximum absolute atomic E-state index is 12.5. The first-order chi connectivity index (χ1) is 9.98. The monoisotopic (exact) mass is 308 g/mol. The molecule has 3 unspecified atom stereocenters. The first-order valence-corrected chi connectivity index (χ1v) is 7.82. The Labute approximate surface area is 130 Å². The highest BCUT2D eigenvalue weighted by Gasteiger charge is 2.42. The van der Waals surface area contributed by atoms with Crippen molar-refractivity contribution >= 4 is 17.5 Å². The summed E-state index contributed by atoms with van der Waals surface area (Å²) < 4.78 is 5.85. The van der Waals surface area contributed by atoms with Crippen molar-refractivity contribution in [2.24, 2.45) is 0 Å². The molecule has 0 saturated carbocycles. The second kappa shape index (κ2) is 5.59. The van der Waals surface area contributed by atoms with Gasteiger partial charge in [-0.25, -0.2) is 0 Å². The van der Waals surface area contributed by atoms with Gasteiger partial charge >= 0.3 is 0 Å². The highest BCUT2D eigenvalue weighted by molar-refractivity contribution is 6.30. The van der Waals surface area contributed by atoms with E-state index in [9.17, 15) is 4.79 Å². The zero-order chi connectivity index (χ0) is 15.0. The summed E-state index contributed by atoms with van der Waals surface area (Å²) in [6.45, 7) is 5.40. The van der Waals surface area contributed by atoms with Crippen LogP contribution in [0.3, 0.4) is 0 Å². The highest BCUT2D eigenvalue weighted by Crippen LogP contribution is 2.32. The number of carbonyl (C=O) groups excluding carboxylic acids is 1. The zero-order valence-electron chi connectivity index (χ0n) is 12.4. The normalized spacial score (nSPS) is 32.9. The van der Waals surface area contributed by atoms with Gasteiger partial charge in [-0.15, -0.1) is 0 Å². The first kappa shape index (κ1) is 14.8. The standard InChI is InChI=1S/C16H21ClN2O2/c1-11-15(20)19(10-16(2)8-3-9-21-16)14(18-11)12-4-6-13(17)7-5-12/h4-7,11,14,18H,3,8-10H2,1-2H3. The van der Waals surface area contributed by atoms with Gasteiger partial charge in [0.1, 0.15) is 6.17 Å². The van der Waals surface area contributed by atoms with E-state index in [1.165, 1.54) is 0 Å². The summed E-state index contributed by atoms with van der Waals surface area (Å²) >= 11 is 5.95. The Hall–Kier alpha value is -1.10. The van der Waals surface area contributed by atoms with Crippen LogP contribution in [0.1, 0.15) is 38.4 Å². The Morgan fingerprint density at radius 1 is 1.43 bits per heavy atom. The van der Waals surface area contributed by atoms with Crippen molar-refractivity contribution in [1.29, 1.82) is 0 Å². The van der Waals surface area contributed by atoms with E-state index < -0.39 is 0 Å². The van der Waals surface area contributed by atoms with Crippen LogP contribution in [0.5, 0.6) is 0 Å². The van der Waals surface area contributed by atoms with Crippen molar-refractivity contribution in [1.82, 2.24) is 10.2 Å².